The van der Waals surface area contributed by atoms with Gasteiger partial charge in [0, 0.05) is 23.8 Å². The molecule has 0 aromatic heterocycles. The van der Waals surface area contributed by atoms with Crippen molar-refractivity contribution in [2.24, 2.45) is 0 Å². The number of carboxylic acids is 2. The van der Waals surface area contributed by atoms with Gasteiger partial charge in [-0.25, -0.2) is 4.79 Å². The zero-order valence-corrected chi connectivity index (χ0v) is 24.3. The van der Waals surface area contributed by atoms with Crippen LogP contribution in [0.5, 0.6) is 11.5 Å². The molecule has 230 valence electrons. The molecule has 6 N–H and O–H groups in total. The van der Waals surface area contributed by atoms with Crippen LogP contribution in [0.3, 0.4) is 0 Å². The summed E-state index contributed by atoms with van der Waals surface area (Å²) < 4.78 is 10.8. The van der Waals surface area contributed by atoms with Crippen molar-refractivity contribution in [3.8, 4) is 11.5 Å². The smallest absolute Gasteiger partial charge is 0.326 e. The Morgan fingerprint density at radius 1 is 1.02 bits per heavy atom. The van der Waals surface area contributed by atoms with E-state index < -0.39 is 66.5 Å². The van der Waals surface area contributed by atoms with Gasteiger partial charge in [-0.05, 0) is 18.9 Å². The number of hydrogen-bond acceptors (Lipinski definition) is 11. The van der Waals surface area contributed by atoms with E-state index in [-0.39, 0.29) is 46.1 Å². The number of nitrogens with one attached hydrogen (secondary N) is 3. The molecule has 0 aliphatic heterocycles. The minimum absolute atomic E-state index is 0.00711. The SMILES string of the molecule is CCCCC(O)c1cc(OC)c2c(c1OC)C(=O)C=C(N[C@@H](CCC(=O)N[C@@H](CS)C(=O)NCC(=O)O)C(=O)O)C2=O. The maximum atomic E-state index is 13.5. The number of allylic oxidation sites excluding steroid dienone is 2. The number of aliphatic hydroxyl groups excluding tert-OH is 1. The van der Waals surface area contributed by atoms with Gasteiger partial charge in [0.25, 0.3) is 0 Å². The first-order chi connectivity index (χ1) is 19.9. The molecular weight excluding hydrogens is 574 g/mol. The maximum Gasteiger partial charge on any atom is 0.326 e. The minimum Gasteiger partial charge on any atom is -0.496 e. The fourth-order valence-electron chi connectivity index (χ4n) is 4.28. The van der Waals surface area contributed by atoms with Crippen molar-refractivity contribution in [2.75, 3.05) is 26.5 Å². The molecule has 14 nitrogen and oxygen atoms in total. The number of ketones is 2. The van der Waals surface area contributed by atoms with Crippen molar-refractivity contribution >= 4 is 47.9 Å². The Kier molecular flexibility index (Phi) is 12.8. The van der Waals surface area contributed by atoms with Crippen molar-refractivity contribution in [1.82, 2.24) is 16.0 Å². The number of amides is 2. The average Bonchev–Trinajstić information content (AvgIpc) is 2.96. The Morgan fingerprint density at radius 2 is 1.71 bits per heavy atom. The van der Waals surface area contributed by atoms with E-state index >= 15 is 0 Å². The molecule has 0 bridgehead atoms. The Hall–Kier alpha value is -4.11. The number of Topliss-reactive ketones (excluding diaryl/α,β-unsaturated/α-hetero) is 1. The van der Waals surface area contributed by atoms with Crippen molar-refractivity contribution in [1.29, 1.82) is 0 Å². The molecule has 0 heterocycles. The van der Waals surface area contributed by atoms with Crippen LogP contribution in [0.1, 0.15) is 71.4 Å². The molecule has 1 aliphatic rings. The molecule has 1 aromatic carbocycles. The maximum absolute atomic E-state index is 13.5. The summed E-state index contributed by atoms with van der Waals surface area (Å²) in [6.07, 6.45) is 1.10. The molecule has 1 aromatic rings. The molecule has 1 aliphatic carbocycles. The Bertz CT molecular complexity index is 1260. The molecule has 0 spiro atoms. The summed E-state index contributed by atoms with van der Waals surface area (Å²) in [6.45, 7) is 1.30. The molecule has 0 saturated heterocycles. The monoisotopic (exact) mass is 609 g/mol. The highest BCUT2D eigenvalue weighted by atomic mass is 32.1. The van der Waals surface area contributed by atoms with Crippen molar-refractivity contribution < 1.29 is 53.6 Å². The van der Waals surface area contributed by atoms with E-state index in [9.17, 15) is 39.0 Å². The van der Waals surface area contributed by atoms with Gasteiger partial charge < -0.3 is 40.7 Å². The van der Waals surface area contributed by atoms with E-state index in [0.717, 1.165) is 12.5 Å². The van der Waals surface area contributed by atoms with Crippen LogP contribution in [0.15, 0.2) is 17.8 Å². The summed E-state index contributed by atoms with van der Waals surface area (Å²) in [5, 5.41) is 36.1. The lowest BCUT2D eigenvalue weighted by Gasteiger charge is -2.25. The van der Waals surface area contributed by atoms with Gasteiger partial charge in [-0.3, -0.25) is 24.0 Å². The van der Waals surface area contributed by atoms with Crippen LogP contribution in [-0.2, 0) is 19.2 Å². The number of hydrogen-bond donors (Lipinski definition) is 7. The van der Waals surface area contributed by atoms with Crippen LogP contribution >= 0.6 is 12.6 Å². The van der Waals surface area contributed by atoms with E-state index in [0.29, 0.717) is 12.8 Å². The first-order valence-corrected chi connectivity index (χ1v) is 13.7. The Balaban J connectivity index is 2.25. The van der Waals surface area contributed by atoms with Gasteiger partial charge >= 0.3 is 11.9 Å². The second-order valence-corrected chi connectivity index (χ2v) is 9.71. The fourth-order valence-corrected chi connectivity index (χ4v) is 4.54. The first-order valence-electron chi connectivity index (χ1n) is 13.1. The summed E-state index contributed by atoms with van der Waals surface area (Å²) in [4.78, 5) is 73.8. The summed E-state index contributed by atoms with van der Waals surface area (Å²) in [6, 6.07) is -1.24. The van der Waals surface area contributed by atoms with E-state index in [4.69, 9.17) is 14.6 Å². The number of carboxylic acid groups (broad SMARTS) is 2. The van der Waals surface area contributed by atoms with Crippen LogP contribution in [-0.4, -0.2) is 89.2 Å². The lowest BCUT2D eigenvalue weighted by molar-refractivity contribution is -0.139. The first kappa shape index (κ1) is 34.1. The second kappa shape index (κ2) is 15.8. The van der Waals surface area contributed by atoms with Crippen molar-refractivity contribution in [2.45, 2.75) is 57.2 Å². The summed E-state index contributed by atoms with van der Waals surface area (Å²) in [7, 11) is 2.58. The van der Waals surface area contributed by atoms with E-state index in [1.54, 1.807) is 0 Å². The van der Waals surface area contributed by atoms with Crippen LogP contribution in [0.4, 0.5) is 0 Å². The normalized spacial score (nSPS) is 14.5. The number of thiol groups is 1. The number of rotatable bonds is 17. The number of methoxy groups -OCH3 is 2. The van der Waals surface area contributed by atoms with Crippen LogP contribution in [0, 0.1) is 0 Å². The van der Waals surface area contributed by atoms with Crippen LogP contribution in [0.2, 0.25) is 0 Å². The standard InChI is InChI=1S/C27H35N3O11S/c1-4-5-6-17(31)13-9-19(40-2)23-22(25(13)41-3)18(32)10-15(24(23)36)29-14(27(38)39)7-8-20(33)30-16(12-42)26(37)28-11-21(34)35/h9-10,14,16-17,29,31,42H,4-8,11-12H2,1-3H3,(H,28,37)(H,30,33)(H,34,35)(H,38,39)/t14-,16-,17?/m0/s1. The zero-order valence-electron chi connectivity index (χ0n) is 23.4. The number of benzene rings is 1. The van der Waals surface area contributed by atoms with Gasteiger partial charge in [-0.2, -0.15) is 12.6 Å². The Morgan fingerprint density at radius 3 is 2.26 bits per heavy atom. The van der Waals surface area contributed by atoms with E-state index in [1.165, 1.54) is 20.3 Å². The predicted octanol–water partition coefficient (Wildman–Crippen LogP) is 0.629. The lowest BCUT2D eigenvalue weighted by atomic mass is 9.87. The average molecular weight is 610 g/mol. The van der Waals surface area contributed by atoms with Crippen LogP contribution < -0.4 is 25.4 Å². The van der Waals surface area contributed by atoms with Gasteiger partial charge in [0.2, 0.25) is 17.6 Å². The number of ether oxygens (including phenoxy) is 2. The van der Waals surface area contributed by atoms with E-state index in [2.05, 4.69) is 28.6 Å². The number of unbranched alkanes of at least 4 members (excludes halogenated alkanes) is 1. The molecular formula is C27H35N3O11S. The van der Waals surface area contributed by atoms with Crippen molar-refractivity contribution in [3.05, 3.63) is 34.5 Å². The number of aliphatic carboxylic acids is 2. The summed E-state index contributed by atoms with van der Waals surface area (Å²) >= 11 is 3.97. The van der Waals surface area contributed by atoms with Gasteiger partial charge in [0.05, 0.1) is 37.1 Å². The number of aliphatic hydroxyl groups is 1. The molecule has 2 amide bonds. The quantitative estimate of drug-likeness (QED) is 0.121. The molecule has 2 rings (SSSR count). The molecule has 0 saturated carbocycles. The topological polar surface area (TPSA) is 218 Å². The second-order valence-electron chi connectivity index (χ2n) is 9.35. The van der Waals surface area contributed by atoms with Crippen LogP contribution in [0.25, 0.3) is 0 Å². The van der Waals surface area contributed by atoms with Gasteiger partial charge in [0.15, 0.2) is 5.78 Å². The van der Waals surface area contributed by atoms with Gasteiger partial charge in [-0.15, -0.1) is 0 Å². The fraction of sp³-hybridized carbons (Fsp3) is 0.481. The third-order valence-electron chi connectivity index (χ3n) is 6.42. The zero-order chi connectivity index (χ0) is 31.6. The highest BCUT2D eigenvalue weighted by Gasteiger charge is 2.36. The molecule has 3 atom stereocenters. The molecule has 15 heteroatoms. The lowest BCUT2D eigenvalue weighted by Crippen LogP contribution is -2.49. The predicted molar refractivity (Wildman–Crippen MR) is 151 cm³/mol. The molecule has 1 unspecified atom stereocenters. The number of carbonyl (C=O) groups excluding carboxylic acids is 4. The summed E-state index contributed by atoms with van der Waals surface area (Å²) in [5.41, 5.74) is -0.357. The highest BCUT2D eigenvalue weighted by Crippen LogP contribution is 2.42. The van der Waals surface area contributed by atoms with E-state index in [1.807, 2.05) is 6.92 Å². The van der Waals surface area contributed by atoms with Crippen molar-refractivity contribution in [3.63, 3.8) is 0 Å². The van der Waals surface area contributed by atoms with Gasteiger partial charge in [-0.1, -0.05) is 19.8 Å². The van der Waals surface area contributed by atoms with Gasteiger partial charge in [0.1, 0.15) is 30.1 Å². The third-order valence-corrected chi connectivity index (χ3v) is 6.78. The summed E-state index contributed by atoms with van der Waals surface area (Å²) in [5.74, 6) is -5.78. The minimum atomic E-state index is -1.49. The highest BCUT2D eigenvalue weighted by molar-refractivity contribution is 7.80. The molecule has 0 fully saturated rings. The largest absolute Gasteiger partial charge is 0.496 e. The third kappa shape index (κ3) is 8.45. The number of fused-ring (bicyclic) bond motifs is 1. The number of carbonyl (C=O) groups is 6. The molecule has 0 radical (unpaired) electrons. The molecule has 42 heavy (non-hydrogen) atoms. The Labute approximate surface area is 247 Å².